The predicted molar refractivity (Wildman–Crippen MR) is 105 cm³/mol. The second-order valence-electron chi connectivity index (χ2n) is 6.08. The number of hydrogen-bond acceptors (Lipinski definition) is 3. The molecule has 0 aliphatic carbocycles. The lowest BCUT2D eigenvalue weighted by Crippen LogP contribution is -2.23. The van der Waals surface area contributed by atoms with Gasteiger partial charge in [-0.15, -0.1) is 0 Å². The Morgan fingerprint density at radius 3 is 2.23 bits per heavy atom. The maximum atomic E-state index is 12.0. The van der Waals surface area contributed by atoms with E-state index < -0.39 is 0 Å². The highest BCUT2D eigenvalue weighted by Crippen LogP contribution is 2.20. The zero-order chi connectivity index (χ0) is 18.9. The Labute approximate surface area is 158 Å². The van der Waals surface area contributed by atoms with Crippen LogP contribution >= 0.6 is 11.6 Å². The Bertz CT molecular complexity index is 789. The smallest absolute Gasteiger partial charge is 0.240 e. The van der Waals surface area contributed by atoms with Gasteiger partial charge in [-0.3, -0.25) is 9.59 Å². The van der Waals surface area contributed by atoms with Gasteiger partial charge in [0.05, 0.1) is 16.4 Å². The van der Waals surface area contributed by atoms with Crippen molar-refractivity contribution < 1.29 is 9.59 Å². The van der Waals surface area contributed by atoms with E-state index in [0.717, 1.165) is 11.3 Å². The molecule has 26 heavy (non-hydrogen) atoms. The van der Waals surface area contributed by atoms with Crippen molar-refractivity contribution in [3.05, 3.63) is 65.2 Å². The first kappa shape index (κ1) is 19.7. The molecule has 136 valence electrons. The lowest BCUT2D eigenvalue weighted by molar-refractivity contribution is -0.124. The molecule has 0 unspecified atom stereocenters. The van der Waals surface area contributed by atoms with Crippen LogP contribution in [0.25, 0.3) is 0 Å². The quantitative estimate of drug-likeness (QED) is 0.564. The van der Waals surface area contributed by atoms with E-state index in [2.05, 4.69) is 15.8 Å². The summed E-state index contributed by atoms with van der Waals surface area (Å²) in [7, 11) is 0. The lowest BCUT2D eigenvalue weighted by atomic mass is 10.0. The molecule has 0 fully saturated rings. The van der Waals surface area contributed by atoms with E-state index in [9.17, 15) is 9.59 Å². The average molecular weight is 372 g/mol. The van der Waals surface area contributed by atoms with Gasteiger partial charge in [0, 0.05) is 12.8 Å². The normalized spacial score (nSPS) is 11.3. The van der Waals surface area contributed by atoms with E-state index >= 15 is 0 Å². The summed E-state index contributed by atoms with van der Waals surface area (Å²) in [6, 6.07) is 16.6. The summed E-state index contributed by atoms with van der Waals surface area (Å²) >= 11 is 5.99. The second-order valence-corrected chi connectivity index (χ2v) is 6.49. The van der Waals surface area contributed by atoms with Crippen molar-refractivity contribution in [2.45, 2.75) is 26.7 Å². The van der Waals surface area contributed by atoms with Crippen molar-refractivity contribution >= 4 is 34.8 Å². The molecule has 5 nitrogen and oxygen atoms in total. The highest BCUT2D eigenvalue weighted by atomic mass is 35.5. The second kappa shape index (κ2) is 9.73. The number of amides is 2. The number of hydrogen-bond donors (Lipinski definition) is 2. The fourth-order valence-corrected chi connectivity index (χ4v) is 2.50. The number of hydrazone groups is 1. The van der Waals surface area contributed by atoms with Gasteiger partial charge in [-0.1, -0.05) is 67.9 Å². The van der Waals surface area contributed by atoms with Crippen LogP contribution in [0, 0.1) is 5.92 Å². The van der Waals surface area contributed by atoms with Crippen molar-refractivity contribution in [1.29, 1.82) is 0 Å². The molecule has 0 aliphatic rings. The maximum absolute atomic E-state index is 12.0. The molecule has 2 aromatic rings. The van der Waals surface area contributed by atoms with Gasteiger partial charge < -0.3 is 5.32 Å². The van der Waals surface area contributed by atoms with Gasteiger partial charge in [0.25, 0.3) is 0 Å². The summed E-state index contributed by atoms with van der Waals surface area (Å²) < 4.78 is 0. The summed E-state index contributed by atoms with van der Waals surface area (Å²) in [6.45, 7) is 4.02. The molecular weight excluding hydrogens is 350 g/mol. The first-order valence-corrected chi connectivity index (χ1v) is 8.81. The molecule has 2 aromatic carbocycles. The number of anilines is 1. The molecular formula is C20H22ClN3O2. The van der Waals surface area contributed by atoms with E-state index in [-0.39, 0.29) is 30.6 Å². The summed E-state index contributed by atoms with van der Waals surface area (Å²) in [5.41, 5.74) is 4.82. The molecule has 2 N–H and O–H groups in total. The van der Waals surface area contributed by atoms with E-state index in [0.29, 0.717) is 10.7 Å². The van der Waals surface area contributed by atoms with Crippen molar-refractivity contribution in [3.8, 4) is 0 Å². The van der Waals surface area contributed by atoms with Crippen LogP contribution in [0.3, 0.4) is 0 Å². The van der Waals surface area contributed by atoms with Crippen LogP contribution in [0.4, 0.5) is 5.69 Å². The number of nitrogens with one attached hydrogen (secondary N) is 2. The highest BCUT2D eigenvalue weighted by molar-refractivity contribution is 6.33. The molecule has 0 atom stereocenters. The van der Waals surface area contributed by atoms with Crippen LogP contribution in [-0.4, -0.2) is 17.5 Å². The van der Waals surface area contributed by atoms with Crippen molar-refractivity contribution in [3.63, 3.8) is 0 Å². The van der Waals surface area contributed by atoms with Crippen LogP contribution in [-0.2, 0) is 9.59 Å². The van der Waals surface area contributed by atoms with Crippen LogP contribution in [0.5, 0.6) is 0 Å². The average Bonchev–Trinajstić information content (AvgIpc) is 2.63. The minimum absolute atomic E-state index is 0.0416. The van der Waals surface area contributed by atoms with Crippen LogP contribution in [0.1, 0.15) is 32.3 Å². The van der Waals surface area contributed by atoms with Gasteiger partial charge >= 0.3 is 0 Å². The number of carbonyl (C=O) groups is 2. The van der Waals surface area contributed by atoms with E-state index in [4.69, 9.17) is 11.6 Å². The van der Waals surface area contributed by atoms with Gasteiger partial charge in [0.2, 0.25) is 11.8 Å². The molecule has 0 saturated heterocycles. The zero-order valence-corrected chi connectivity index (χ0v) is 15.6. The molecule has 6 heteroatoms. The Balaban J connectivity index is 1.87. The fraction of sp³-hybridized carbons (Fsp3) is 0.250. The molecule has 0 heterocycles. The molecule has 0 radical (unpaired) electrons. The number of carbonyl (C=O) groups excluding carboxylic acids is 2. The van der Waals surface area contributed by atoms with Crippen LogP contribution in [0.2, 0.25) is 5.02 Å². The first-order valence-electron chi connectivity index (χ1n) is 8.43. The number of benzene rings is 2. The van der Waals surface area contributed by atoms with Gasteiger partial charge in [-0.25, -0.2) is 5.43 Å². The standard InChI is InChI=1S/C20H22ClN3O2/c1-14(2)20(15-8-4-3-5-9-15)24-23-19(26)13-12-18(25)22-17-11-7-6-10-16(17)21/h3-11,14H,12-13H2,1-2H3,(H,22,25)(H,23,26)/b24-20-. The fourth-order valence-electron chi connectivity index (χ4n) is 2.32. The van der Waals surface area contributed by atoms with Crippen LogP contribution < -0.4 is 10.7 Å². The lowest BCUT2D eigenvalue weighted by Gasteiger charge is -2.11. The Morgan fingerprint density at radius 1 is 0.962 bits per heavy atom. The maximum Gasteiger partial charge on any atom is 0.240 e. The van der Waals surface area contributed by atoms with Crippen molar-refractivity contribution in [1.82, 2.24) is 5.43 Å². The Morgan fingerprint density at radius 2 is 1.58 bits per heavy atom. The van der Waals surface area contributed by atoms with Gasteiger partial charge in [0.1, 0.15) is 0 Å². The van der Waals surface area contributed by atoms with Crippen molar-refractivity contribution in [2.75, 3.05) is 5.32 Å². The largest absolute Gasteiger partial charge is 0.325 e. The number of halogens is 1. The summed E-state index contributed by atoms with van der Waals surface area (Å²) in [5, 5.41) is 7.38. The third-order valence-electron chi connectivity index (χ3n) is 3.64. The molecule has 0 aliphatic heterocycles. The molecule has 2 amide bonds. The number of rotatable bonds is 7. The molecule has 0 bridgehead atoms. The zero-order valence-electron chi connectivity index (χ0n) is 14.8. The van der Waals surface area contributed by atoms with E-state index in [1.807, 2.05) is 44.2 Å². The van der Waals surface area contributed by atoms with Gasteiger partial charge in [-0.05, 0) is 23.6 Å². The SMILES string of the molecule is CC(C)/C(=N/NC(=O)CCC(=O)Nc1ccccc1Cl)c1ccccc1. The Kier molecular flexibility index (Phi) is 7.36. The Hall–Kier alpha value is -2.66. The van der Waals surface area contributed by atoms with Gasteiger partial charge in [-0.2, -0.15) is 5.10 Å². The molecule has 0 spiro atoms. The minimum atomic E-state index is -0.312. The van der Waals surface area contributed by atoms with Crippen molar-refractivity contribution in [2.24, 2.45) is 11.0 Å². The third kappa shape index (κ3) is 6.01. The molecule has 2 rings (SSSR count). The van der Waals surface area contributed by atoms with E-state index in [1.54, 1.807) is 24.3 Å². The summed E-state index contributed by atoms with van der Waals surface area (Å²) in [6.07, 6.45) is 0.0921. The molecule has 0 aromatic heterocycles. The first-order chi connectivity index (χ1) is 12.5. The monoisotopic (exact) mass is 371 g/mol. The number of nitrogens with zero attached hydrogens (tertiary/aromatic N) is 1. The number of para-hydroxylation sites is 1. The van der Waals surface area contributed by atoms with Gasteiger partial charge in [0.15, 0.2) is 0 Å². The minimum Gasteiger partial charge on any atom is -0.325 e. The van der Waals surface area contributed by atoms with E-state index in [1.165, 1.54) is 0 Å². The molecule has 0 saturated carbocycles. The summed E-state index contributed by atoms with van der Waals surface area (Å²) in [5.74, 6) is -0.431. The topological polar surface area (TPSA) is 70.6 Å². The summed E-state index contributed by atoms with van der Waals surface area (Å²) in [4.78, 5) is 24.0. The third-order valence-corrected chi connectivity index (χ3v) is 3.97. The predicted octanol–water partition coefficient (Wildman–Crippen LogP) is 4.24. The van der Waals surface area contributed by atoms with Crippen LogP contribution in [0.15, 0.2) is 59.7 Å². The highest BCUT2D eigenvalue weighted by Gasteiger charge is 2.11.